The number of rotatable bonds is 5. The molecule has 7 heteroatoms. The van der Waals surface area contributed by atoms with Crippen molar-refractivity contribution in [2.24, 2.45) is 0 Å². The van der Waals surface area contributed by atoms with E-state index < -0.39 is 5.82 Å². The molecule has 1 aromatic carbocycles. The Morgan fingerprint density at radius 2 is 2.09 bits per heavy atom. The fraction of sp³-hybridized carbons (Fsp3) is 0.312. The summed E-state index contributed by atoms with van der Waals surface area (Å²) in [5.41, 5.74) is -0.361. The first kappa shape index (κ1) is 16.3. The Labute approximate surface area is 133 Å². The molecule has 0 bridgehead atoms. The van der Waals surface area contributed by atoms with Gasteiger partial charge in [-0.25, -0.2) is 4.39 Å². The summed E-state index contributed by atoms with van der Waals surface area (Å²) in [4.78, 5) is 0. The van der Waals surface area contributed by atoms with Crippen LogP contribution >= 0.6 is 0 Å². The molecular formula is C16H13FN4O2. The monoisotopic (exact) mass is 312 g/mol. The number of anilines is 1. The van der Waals surface area contributed by atoms with Gasteiger partial charge in [-0.05, 0) is 25.0 Å². The van der Waals surface area contributed by atoms with Gasteiger partial charge < -0.3 is 14.8 Å². The highest BCUT2D eigenvalue weighted by Gasteiger charge is 2.17. The summed E-state index contributed by atoms with van der Waals surface area (Å²) >= 11 is 0. The summed E-state index contributed by atoms with van der Waals surface area (Å²) in [6, 6.07) is 8.95. The lowest BCUT2D eigenvalue weighted by Gasteiger charge is -2.13. The number of hydrogen-bond acceptors (Lipinski definition) is 6. The average Bonchev–Trinajstić information content (AvgIpc) is 3.07. The summed E-state index contributed by atoms with van der Waals surface area (Å²) in [6.07, 6.45) is 1.85. The van der Waals surface area contributed by atoms with Crippen LogP contribution in [-0.2, 0) is 4.74 Å². The van der Waals surface area contributed by atoms with E-state index in [2.05, 4.69) is 5.32 Å². The van der Waals surface area contributed by atoms with Crippen molar-refractivity contribution in [1.29, 1.82) is 15.8 Å². The number of allylic oxidation sites excluding steroid dienone is 2. The van der Waals surface area contributed by atoms with Crippen LogP contribution < -0.4 is 10.1 Å². The predicted molar refractivity (Wildman–Crippen MR) is 78.4 cm³/mol. The maximum atomic E-state index is 14.0. The zero-order valence-corrected chi connectivity index (χ0v) is 12.2. The van der Waals surface area contributed by atoms with Gasteiger partial charge in [0, 0.05) is 18.4 Å². The Kier molecular flexibility index (Phi) is 5.52. The maximum absolute atomic E-state index is 14.0. The number of nitriles is 3. The van der Waals surface area contributed by atoms with Gasteiger partial charge in [0.05, 0.1) is 6.10 Å². The molecule has 0 saturated carbocycles. The first-order valence-electron chi connectivity index (χ1n) is 6.93. The van der Waals surface area contributed by atoms with Crippen molar-refractivity contribution in [3.63, 3.8) is 0 Å². The normalized spacial score (nSPS) is 15.8. The van der Waals surface area contributed by atoms with Gasteiger partial charge in [-0.3, -0.25) is 0 Å². The molecule has 1 N–H and O–H groups in total. The fourth-order valence-electron chi connectivity index (χ4n) is 2.08. The third-order valence-electron chi connectivity index (χ3n) is 3.24. The lowest BCUT2D eigenvalue weighted by molar-refractivity contribution is 0.0666. The minimum atomic E-state index is -0.610. The first-order valence-corrected chi connectivity index (χ1v) is 6.93. The summed E-state index contributed by atoms with van der Waals surface area (Å²) in [6.45, 7) is 0.975. The second kappa shape index (κ2) is 7.79. The van der Waals surface area contributed by atoms with E-state index in [9.17, 15) is 4.39 Å². The van der Waals surface area contributed by atoms with E-state index in [1.165, 1.54) is 12.1 Å². The number of nitrogens with zero attached hydrogens (tertiary/aromatic N) is 3. The summed E-state index contributed by atoms with van der Waals surface area (Å²) in [5.74, 6) is -0.532. The minimum Gasteiger partial charge on any atom is -0.488 e. The molecule has 1 aromatic rings. The average molecular weight is 312 g/mol. The molecule has 0 amide bonds. The quantitative estimate of drug-likeness (QED) is 0.838. The van der Waals surface area contributed by atoms with Crippen LogP contribution in [-0.4, -0.2) is 19.3 Å². The molecule has 1 aliphatic heterocycles. The Balaban J connectivity index is 2.07. The molecule has 1 fully saturated rings. The van der Waals surface area contributed by atoms with Crippen LogP contribution in [0.1, 0.15) is 12.8 Å². The van der Waals surface area contributed by atoms with Gasteiger partial charge in [-0.2, -0.15) is 15.8 Å². The van der Waals surface area contributed by atoms with Gasteiger partial charge in [0.15, 0.2) is 17.1 Å². The van der Waals surface area contributed by atoms with Crippen molar-refractivity contribution in [1.82, 2.24) is 0 Å². The molecule has 0 radical (unpaired) electrons. The van der Waals surface area contributed by atoms with Gasteiger partial charge in [-0.1, -0.05) is 0 Å². The number of benzene rings is 1. The zero-order valence-electron chi connectivity index (χ0n) is 12.2. The Morgan fingerprint density at radius 3 is 2.65 bits per heavy atom. The number of ether oxygens (including phenoxy) is 2. The molecular weight excluding hydrogens is 299 g/mol. The van der Waals surface area contributed by atoms with E-state index in [4.69, 9.17) is 25.3 Å². The van der Waals surface area contributed by atoms with Crippen LogP contribution in [0.5, 0.6) is 5.75 Å². The summed E-state index contributed by atoms with van der Waals surface area (Å²) in [7, 11) is 0. The standard InChI is InChI=1S/C16H13FN4O2/c17-14-6-12(21-15(9-20)11(7-18)8-19)3-4-16(14)23-10-13-2-1-5-22-13/h3-4,6,13,21H,1-2,5,10H2. The van der Waals surface area contributed by atoms with Gasteiger partial charge in [-0.15, -0.1) is 0 Å². The molecule has 0 aliphatic carbocycles. The van der Waals surface area contributed by atoms with E-state index in [0.717, 1.165) is 18.9 Å². The van der Waals surface area contributed by atoms with Crippen molar-refractivity contribution in [2.45, 2.75) is 18.9 Å². The summed E-state index contributed by atoms with van der Waals surface area (Å²) in [5, 5.41) is 29.0. The van der Waals surface area contributed by atoms with Crippen LogP contribution in [0.2, 0.25) is 0 Å². The molecule has 116 valence electrons. The first-order chi connectivity index (χ1) is 11.2. The third-order valence-corrected chi connectivity index (χ3v) is 3.24. The van der Waals surface area contributed by atoms with Crippen LogP contribution in [0.4, 0.5) is 10.1 Å². The Bertz CT molecular complexity index is 718. The second-order valence-electron chi connectivity index (χ2n) is 4.80. The highest BCUT2D eigenvalue weighted by Crippen LogP contribution is 2.23. The zero-order chi connectivity index (χ0) is 16.7. The van der Waals surface area contributed by atoms with Gasteiger partial charge in [0.25, 0.3) is 0 Å². The molecule has 2 rings (SSSR count). The molecule has 0 aromatic heterocycles. The van der Waals surface area contributed by atoms with E-state index in [0.29, 0.717) is 6.61 Å². The smallest absolute Gasteiger partial charge is 0.167 e. The molecule has 6 nitrogen and oxygen atoms in total. The topological polar surface area (TPSA) is 102 Å². The fourth-order valence-corrected chi connectivity index (χ4v) is 2.08. The molecule has 0 spiro atoms. The van der Waals surface area contributed by atoms with Crippen LogP contribution in [0, 0.1) is 39.8 Å². The van der Waals surface area contributed by atoms with Crippen molar-refractivity contribution >= 4 is 5.69 Å². The molecule has 1 atom stereocenters. The van der Waals surface area contributed by atoms with Gasteiger partial charge in [0.2, 0.25) is 0 Å². The van der Waals surface area contributed by atoms with E-state index >= 15 is 0 Å². The van der Waals surface area contributed by atoms with Crippen molar-refractivity contribution in [2.75, 3.05) is 18.5 Å². The van der Waals surface area contributed by atoms with Gasteiger partial charge >= 0.3 is 0 Å². The lowest BCUT2D eigenvalue weighted by atomic mass is 10.2. The number of nitrogens with one attached hydrogen (secondary N) is 1. The maximum Gasteiger partial charge on any atom is 0.167 e. The predicted octanol–water partition coefficient (Wildman–Crippen LogP) is 2.62. The molecule has 23 heavy (non-hydrogen) atoms. The lowest BCUT2D eigenvalue weighted by Crippen LogP contribution is -2.16. The van der Waals surface area contributed by atoms with Crippen molar-refractivity contribution in [3.8, 4) is 24.0 Å². The van der Waals surface area contributed by atoms with E-state index in [-0.39, 0.29) is 35.4 Å². The highest BCUT2D eigenvalue weighted by molar-refractivity contribution is 5.59. The largest absolute Gasteiger partial charge is 0.488 e. The Morgan fingerprint density at radius 1 is 1.30 bits per heavy atom. The van der Waals surface area contributed by atoms with Crippen LogP contribution in [0.3, 0.4) is 0 Å². The molecule has 1 aliphatic rings. The van der Waals surface area contributed by atoms with Crippen molar-refractivity contribution < 1.29 is 13.9 Å². The van der Waals surface area contributed by atoms with E-state index in [1.807, 2.05) is 0 Å². The number of hydrogen-bond donors (Lipinski definition) is 1. The van der Waals surface area contributed by atoms with Crippen LogP contribution in [0.25, 0.3) is 0 Å². The molecule has 1 saturated heterocycles. The van der Waals surface area contributed by atoms with Crippen LogP contribution in [0.15, 0.2) is 29.5 Å². The minimum absolute atomic E-state index is 0.0193. The second-order valence-corrected chi connectivity index (χ2v) is 4.80. The summed E-state index contributed by atoms with van der Waals surface area (Å²) < 4.78 is 24.8. The highest BCUT2D eigenvalue weighted by atomic mass is 19.1. The molecule has 1 unspecified atom stereocenters. The number of halogens is 1. The van der Waals surface area contributed by atoms with E-state index in [1.54, 1.807) is 18.2 Å². The SMILES string of the molecule is N#CC(C#N)=C(C#N)Nc1ccc(OCC2CCCO2)c(F)c1. The third kappa shape index (κ3) is 4.20. The van der Waals surface area contributed by atoms with Crippen molar-refractivity contribution in [3.05, 3.63) is 35.3 Å². The van der Waals surface area contributed by atoms with Gasteiger partial charge in [0.1, 0.15) is 30.5 Å². The molecule has 1 heterocycles. The Hall–Kier alpha value is -3.08.